The van der Waals surface area contributed by atoms with E-state index in [-0.39, 0.29) is 32.1 Å². The topological polar surface area (TPSA) is 114 Å². The Morgan fingerprint density at radius 2 is 1.41 bits per heavy atom. The highest BCUT2D eigenvalue weighted by Gasteiger charge is 2.53. The van der Waals surface area contributed by atoms with Crippen molar-refractivity contribution < 1.29 is 39.4 Å². The highest BCUT2D eigenvalue weighted by atomic mass is 32.2. The van der Waals surface area contributed by atoms with Crippen molar-refractivity contribution in [3.63, 3.8) is 0 Å². The van der Waals surface area contributed by atoms with E-state index >= 15 is 0 Å². The minimum Gasteiger partial charge on any atom is -0.371 e. The average molecular weight is 579 g/mol. The molecule has 0 saturated carbocycles. The van der Waals surface area contributed by atoms with Crippen LogP contribution in [0, 0.1) is 0 Å². The molecule has 0 saturated heterocycles. The van der Waals surface area contributed by atoms with Crippen LogP contribution in [0.2, 0.25) is 0 Å². The average Bonchev–Trinajstić information content (AvgIpc) is 2.87. The molecule has 2 bridgehead atoms. The second-order valence-electron chi connectivity index (χ2n) is 8.99. The minimum atomic E-state index is -4.52. The van der Waals surface area contributed by atoms with Gasteiger partial charge in [0, 0.05) is 0 Å². The molecule has 11 heteroatoms. The Bertz CT molecular complexity index is 1390. The van der Waals surface area contributed by atoms with Gasteiger partial charge in [-0.05, 0) is 35.7 Å². The van der Waals surface area contributed by atoms with E-state index in [2.05, 4.69) is 0 Å². The van der Waals surface area contributed by atoms with Gasteiger partial charge >= 0.3 is 0 Å². The molecule has 2 aliphatic heterocycles. The summed E-state index contributed by atoms with van der Waals surface area (Å²) in [7, 11) is -8.80. The molecule has 212 valence electrons. The molecule has 0 spiro atoms. The monoisotopic (exact) mass is 578 g/mol. The van der Waals surface area contributed by atoms with Crippen molar-refractivity contribution in [2.45, 2.75) is 57.1 Å². The third-order valence-corrected chi connectivity index (χ3v) is 7.75. The third kappa shape index (κ3) is 8.42. The lowest BCUT2D eigenvalue weighted by Gasteiger charge is -2.40. The van der Waals surface area contributed by atoms with Crippen molar-refractivity contribution in [3.8, 4) is 0 Å². The van der Waals surface area contributed by atoms with Gasteiger partial charge < -0.3 is 14.2 Å². The molecule has 3 atom stereocenters. The molecule has 9 nitrogen and oxygen atoms in total. The van der Waals surface area contributed by atoms with Crippen molar-refractivity contribution in [2.75, 3.05) is 12.9 Å². The number of benzene rings is 3. The number of hydrogen-bond donors (Lipinski definition) is 0. The second-order valence-corrected chi connectivity index (χ2v) is 12.1. The second kappa shape index (κ2) is 13.1. The van der Waals surface area contributed by atoms with Crippen molar-refractivity contribution in [2.24, 2.45) is 0 Å². The van der Waals surface area contributed by atoms with Gasteiger partial charge in [-0.1, -0.05) is 80.2 Å². The Balaban J connectivity index is 0.00000420. The Morgan fingerprint density at radius 3 is 1.95 bits per heavy atom. The van der Waals surface area contributed by atoms with Gasteiger partial charge in [0.05, 0.1) is 37.1 Å². The van der Waals surface area contributed by atoms with Gasteiger partial charge in [-0.2, -0.15) is 16.8 Å². The summed E-state index contributed by atoms with van der Waals surface area (Å²) in [6.45, 7) is 1.27. The highest BCUT2D eigenvalue weighted by molar-refractivity contribution is 7.87. The normalized spacial score (nSPS) is 20.5. The zero-order valence-corrected chi connectivity index (χ0v) is 22.7. The predicted molar refractivity (Wildman–Crippen MR) is 145 cm³/mol. The molecule has 0 amide bonds. The fourth-order valence-electron chi connectivity index (χ4n) is 4.06. The number of fused-ring (bicyclic) bond motifs is 7. The van der Waals surface area contributed by atoms with Crippen molar-refractivity contribution >= 4 is 20.2 Å². The molecule has 2 heterocycles. The van der Waals surface area contributed by atoms with E-state index in [1.807, 2.05) is 60.7 Å². The number of rotatable bonds is 10. The summed E-state index contributed by atoms with van der Waals surface area (Å²) in [5.74, 6) is -2.43. The SMILES string of the molecule is C.CC(OCc1ccccc1)C(OCc1ccccc1)C1(OS(C)(=O)=O)COCc2ccc(cc2)S(=O)(=O)O1. The Hall–Kier alpha value is -2.64. The van der Waals surface area contributed by atoms with Crippen LogP contribution in [0.4, 0.5) is 0 Å². The van der Waals surface area contributed by atoms with Crippen LogP contribution in [0.15, 0.2) is 89.8 Å². The maximum absolute atomic E-state index is 13.4. The zero-order chi connectivity index (χ0) is 27.2. The van der Waals surface area contributed by atoms with E-state index in [1.165, 1.54) is 12.1 Å². The predicted octanol–water partition coefficient (Wildman–Crippen LogP) is 4.42. The summed E-state index contributed by atoms with van der Waals surface area (Å²) in [5, 5.41) is 0. The van der Waals surface area contributed by atoms with Crippen LogP contribution < -0.4 is 0 Å². The molecule has 0 N–H and O–H groups in total. The molecule has 39 heavy (non-hydrogen) atoms. The summed E-state index contributed by atoms with van der Waals surface area (Å²) in [6, 6.07) is 24.4. The van der Waals surface area contributed by atoms with E-state index in [4.69, 9.17) is 22.6 Å². The highest BCUT2D eigenvalue weighted by Crippen LogP contribution is 2.34. The summed E-state index contributed by atoms with van der Waals surface area (Å²) >= 11 is 0. The first kappa shape index (κ1) is 30.9. The van der Waals surface area contributed by atoms with Crippen LogP contribution in [0.1, 0.15) is 31.0 Å². The van der Waals surface area contributed by atoms with E-state index in [1.54, 1.807) is 19.1 Å². The fourth-order valence-corrected chi connectivity index (χ4v) is 5.91. The molecule has 3 aromatic carbocycles. The first-order valence-corrected chi connectivity index (χ1v) is 15.1. The lowest BCUT2D eigenvalue weighted by atomic mass is 10.1. The molecule has 3 aromatic rings. The summed E-state index contributed by atoms with van der Waals surface area (Å²) in [4.78, 5) is -0.163. The van der Waals surface area contributed by atoms with E-state index in [0.717, 1.165) is 17.4 Å². The largest absolute Gasteiger partial charge is 0.371 e. The van der Waals surface area contributed by atoms with Gasteiger partial charge in [-0.25, -0.2) is 8.37 Å². The number of ether oxygens (including phenoxy) is 3. The van der Waals surface area contributed by atoms with Gasteiger partial charge in [-0.15, -0.1) is 0 Å². The minimum absolute atomic E-state index is 0. The van der Waals surface area contributed by atoms with Gasteiger partial charge in [0.25, 0.3) is 26.0 Å². The number of hydrogen-bond acceptors (Lipinski definition) is 9. The molecule has 3 unspecified atom stereocenters. The first-order chi connectivity index (χ1) is 18.1. The van der Waals surface area contributed by atoms with Gasteiger partial charge in [-0.3, -0.25) is 0 Å². The molecule has 2 aliphatic rings. The smallest absolute Gasteiger partial charge is 0.299 e. The van der Waals surface area contributed by atoms with Crippen LogP contribution in [0.5, 0.6) is 0 Å². The molecular formula is C28H34O9S2. The van der Waals surface area contributed by atoms with Crippen molar-refractivity contribution in [3.05, 3.63) is 102 Å². The summed E-state index contributed by atoms with van der Waals surface area (Å²) < 4.78 is 80.8. The van der Waals surface area contributed by atoms with Crippen LogP contribution in [0.3, 0.4) is 0 Å². The van der Waals surface area contributed by atoms with Crippen LogP contribution in [0.25, 0.3) is 0 Å². The maximum atomic E-state index is 13.4. The molecule has 0 aliphatic carbocycles. The van der Waals surface area contributed by atoms with Gasteiger partial charge in [0.1, 0.15) is 12.7 Å². The summed E-state index contributed by atoms with van der Waals surface area (Å²) in [5.41, 5.74) is 2.31. The maximum Gasteiger partial charge on any atom is 0.299 e. The lowest BCUT2D eigenvalue weighted by Crippen LogP contribution is -2.58. The van der Waals surface area contributed by atoms with Crippen molar-refractivity contribution in [1.82, 2.24) is 0 Å². The molecular weight excluding hydrogens is 544 g/mol. The molecule has 5 rings (SSSR count). The van der Waals surface area contributed by atoms with Crippen LogP contribution in [-0.2, 0) is 62.6 Å². The molecule has 0 aromatic heterocycles. The fraction of sp³-hybridized carbons (Fsp3) is 0.357. The first-order valence-electron chi connectivity index (χ1n) is 11.9. The molecule has 0 radical (unpaired) electrons. The Labute approximate surface area is 230 Å². The quantitative estimate of drug-likeness (QED) is 0.323. The van der Waals surface area contributed by atoms with E-state index < -0.39 is 44.8 Å². The van der Waals surface area contributed by atoms with Gasteiger partial charge in [0.15, 0.2) is 0 Å². The van der Waals surface area contributed by atoms with Crippen molar-refractivity contribution in [1.29, 1.82) is 0 Å². The standard InChI is InChI=1S/C27H30O9S2.CH4/c1-21(33-18-22-9-5-3-6-10-22)26(34-19-23-11-7-4-8-12-23)27(35-37(2,28)29)20-32-17-24-13-15-25(16-14-24)38(30,31)36-27;/h3-16,21,26H,17-20H2,1-2H3;1H4. The Kier molecular flexibility index (Phi) is 10.4. The van der Waals surface area contributed by atoms with E-state index in [9.17, 15) is 16.8 Å². The van der Waals surface area contributed by atoms with Crippen LogP contribution >= 0.6 is 0 Å². The summed E-state index contributed by atoms with van der Waals surface area (Å²) in [6.07, 6.45) is -1.45. The third-order valence-electron chi connectivity index (χ3n) is 5.82. The lowest BCUT2D eigenvalue weighted by molar-refractivity contribution is -0.256. The zero-order valence-electron chi connectivity index (χ0n) is 21.1. The van der Waals surface area contributed by atoms with Gasteiger partial charge in [0.2, 0.25) is 0 Å². The Morgan fingerprint density at radius 1 is 0.872 bits per heavy atom. The van der Waals surface area contributed by atoms with E-state index in [0.29, 0.717) is 5.56 Å². The molecule has 0 fully saturated rings. The van der Waals surface area contributed by atoms with Crippen LogP contribution in [-0.4, -0.2) is 47.7 Å².